The van der Waals surface area contributed by atoms with Gasteiger partial charge in [0.15, 0.2) is 17.2 Å². The van der Waals surface area contributed by atoms with Gasteiger partial charge in [0.05, 0.1) is 43.3 Å². The number of nitrogens with one attached hydrogen (secondary N) is 1. The lowest BCUT2D eigenvalue weighted by Gasteiger charge is -2.36. The number of ether oxygens (including phenoxy) is 2. The molecular formula is C22H25FN6O2. The average Bonchev–Trinajstić information content (AvgIpc) is 3.15. The van der Waals surface area contributed by atoms with E-state index in [9.17, 15) is 4.39 Å². The van der Waals surface area contributed by atoms with Crippen LogP contribution in [0.1, 0.15) is 31.9 Å². The van der Waals surface area contributed by atoms with E-state index >= 15 is 0 Å². The lowest BCUT2D eigenvalue weighted by Crippen LogP contribution is -2.41. The standard InChI is InChI=1S/C22H25FN6O2/c1-13-10-30-18-9-29-19-17(7-26-29)14(2)25-11-22(3,4)12-31-21-15(5-16(23)6-24-21)8-28(13)20(18)27-19/h5-7,9,13,25H,2,8,10-12H2,1,3-4H3/t13-/m1/s1. The molecule has 9 heteroatoms. The zero-order valence-electron chi connectivity index (χ0n) is 17.9. The number of rotatable bonds is 0. The smallest absolute Gasteiger partial charge is 0.218 e. The first-order chi connectivity index (χ1) is 14.8. The quantitative estimate of drug-likeness (QED) is 0.594. The Labute approximate surface area is 179 Å². The molecule has 31 heavy (non-hydrogen) atoms. The molecule has 1 atom stereocenters. The van der Waals surface area contributed by atoms with Crippen molar-refractivity contribution in [1.82, 2.24) is 24.9 Å². The molecule has 3 aromatic heterocycles. The molecule has 3 aromatic rings. The number of pyridine rings is 1. The molecule has 5 heterocycles. The Kier molecular flexibility index (Phi) is 4.49. The van der Waals surface area contributed by atoms with Crippen LogP contribution in [0.5, 0.6) is 11.6 Å². The van der Waals surface area contributed by atoms with Crippen LogP contribution < -0.4 is 19.7 Å². The molecule has 162 valence electrons. The number of aromatic nitrogens is 4. The van der Waals surface area contributed by atoms with Gasteiger partial charge in [-0.05, 0) is 13.0 Å². The summed E-state index contributed by atoms with van der Waals surface area (Å²) < 4.78 is 27.8. The Morgan fingerprint density at radius 3 is 2.97 bits per heavy atom. The number of halogens is 1. The molecule has 8 nitrogen and oxygen atoms in total. The first kappa shape index (κ1) is 19.6. The second-order valence-corrected chi connectivity index (χ2v) is 8.95. The second-order valence-electron chi connectivity index (χ2n) is 8.95. The molecule has 0 unspecified atom stereocenters. The molecule has 2 aliphatic rings. The monoisotopic (exact) mass is 424 g/mol. The van der Waals surface area contributed by atoms with Crippen LogP contribution in [-0.2, 0) is 6.54 Å². The van der Waals surface area contributed by atoms with Crippen LogP contribution in [0.4, 0.5) is 10.2 Å². The van der Waals surface area contributed by atoms with Crippen LogP contribution in [-0.4, -0.2) is 45.4 Å². The Morgan fingerprint density at radius 1 is 1.29 bits per heavy atom. The van der Waals surface area contributed by atoms with Gasteiger partial charge in [-0.2, -0.15) is 5.10 Å². The van der Waals surface area contributed by atoms with Crippen molar-refractivity contribution in [3.8, 4) is 11.6 Å². The molecule has 0 aromatic carbocycles. The van der Waals surface area contributed by atoms with Crippen LogP contribution >= 0.6 is 0 Å². The summed E-state index contributed by atoms with van der Waals surface area (Å²) >= 11 is 0. The van der Waals surface area contributed by atoms with Crippen molar-refractivity contribution < 1.29 is 13.9 Å². The molecule has 0 spiro atoms. The number of hydrogen-bond acceptors (Lipinski definition) is 7. The fourth-order valence-corrected chi connectivity index (χ4v) is 3.80. The number of anilines is 1. The molecule has 2 aliphatic heterocycles. The minimum absolute atomic E-state index is 0.0237. The molecule has 0 fully saturated rings. The summed E-state index contributed by atoms with van der Waals surface area (Å²) in [5.74, 6) is 1.33. The predicted octanol–water partition coefficient (Wildman–Crippen LogP) is 3.03. The fourth-order valence-electron chi connectivity index (χ4n) is 3.80. The van der Waals surface area contributed by atoms with Gasteiger partial charge in [-0.1, -0.05) is 20.4 Å². The summed E-state index contributed by atoms with van der Waals surface area (Å²) in [5, 5.41) is 7.82. The van der Waals surface area contributed by atoms with Crippen LogP contribution in [0.3, 0.4) is 0 Å². The molecule has 0 saturated heterocycles. The van der Waals surface area contributed by atoms with Crippen molar-refractivity contribution in [3.63, 3.8) is 0 Å². The Bertz CT molecular complexity index is 1170. The van der Waals surface area contributed by atoms with E-state index in [0.29, 0.717) is 55.0 Å². The third-order valence-electron chi connectivity index (χ3n) is 5.66. The first-order valence-electron chi connectivity index (χ1n) is 10.3. The molecule has 0 radical (unpaired) electrons. The van der Waals surface area contributed by atoms with Crippen LogP contribution in [0.2, 0.25) is 0 Å². The van der Waals surface area contributed by atoms with Crippen molar-refractivity contribution in [1.29, 1.82) is 0 Å². The van der Waals surface area contributed by atoms with Crippen molar-refractivity contribution in [2.45, 2.75) is 33.4 Å². The highest BCUT2D eigenvalue weighted by molar-refractivity contribution is 5.75. The van der Waals surface area contributed by atoms with E-state index in [0.717, 1.165) is 11.3 Å². The van der Waals surface area contributed by atoms with Gasteiger partial charge in [0, 0.05) is 23.2 Å². The normalized spacial score (nSPS) is 20.5. The van der Waals surface area contributed by atoms with Gasteiger partial charge >= 0.3 is 0 Å². The van der Waals surface area contributed by atoms with E-state index in [2.05, 4.69) is 40.7 Å². The van der Waals surface area contributed by atoms with Crippen molar-refractivity contribution in [3.05, 3.63) is 48.2 Å². The van der Waals surface area contributed by atoms with E-state index in [4.69, 9.17) is 14.5 Å². The third-order valence-corrected chi connectivity index (χ3v) is 5.66. The van der Waals surface area contributed by atoms with Gasteiger partial charge in [-0.25, -0.2) is 18.9 Å². The maximum absolute atomic E-state index is 14.1. The average molecular weight is 424 g/mol. The molecule has 5 rings (SSSR count). The highest BCUT2D eigenvalue weighted by Gasteiger charge is 2.30. The highest BCUT2D eigenvalue weighted by Crippen LogP contribution is 2.36. The van der Waals surface area contributed by atoms with Gasteiger partial charge in [-0.3, -0.25) is 0 Å². The largest absolute Gasteiger partial charge is 0.486 e. The summed E-state index contributed by atoms with van der Waals surface area (Å²) in [6.07, 6.45) is 4.76. The fraction of sp³-hybridized carbons (Fsp3) is 0.409. The first-order valence-corrected chi connectivity index (χ1v) is 10.3. The topological polar surface area (TPSA) is 76.8 Å². The van der Waals surface area contributed by atoms with Gasteiger partial charge in [0.1, 0.15) is 12.4 Å². The van der Waals surface area contributed by atoms with Crippen molar-refractivity contribution in [2.24, 2.45) is 5.41 Å². The van der Waals surface area contributed by atoms with Crippen molar-refractivity contribution >= 4 is 17.2 Å². The second kappa shape index (κ2) is 7.11. The summed E-state index contributed by atoms with van der Waals surface area (Å²) in [4.78, 5) is 11.2. The van der Waals surface area contributed by atoms with E-state index in [1.807, 2.05) is 13.1 Å². The molecule has 1 N–H and O–H groups in total. The molecule has 0 saturated carbocycles. The van der Waals surface area contributed by atoms with E-state index < -0.39 is 5.82 Å². The maximum Gasteiger partial charge on any atom is 0.218 e. The molecular weight excluding hydrogens is 399 g/mol. The summed E-state index contributed by atoms with van der Waals surface area (Å²) in [6, 6.07) is 1.50. The maximum atomic E-state index is 14.1. The van der Waals surface area contributed by atoms with Crippen molar-refractivity contribution in [2.75, 3.05) is 24.7 Å². The summed E-state index contributed by atoms with van der Waals surface area (Å²) in [6.45, 7) is 12.3. The Morgan fingerprint density at radius 2 is 2.13 bits per heavy atom. The minimum atomic E-state index is -0.400. The van der Waals surface area contributed by atoms with Crippen LogP contribution in [0.25, 0.3) is 11.3 Å². The Hall–Kier alpha value is -3.36. The lowest BCUT2D eigenvalue weighted by atomic mass is 9.94. The summed E-state index contributed by atoms with van der Waals surface area (Å²) in [5.41, 5.74) is 2.69. The molecule has 0 amide bonds. The van der Waals surface area contributed by atoms with E-state index in [-0.39, 0.29) is 11.5 Å². The SMILES string of the molecule is C=C1NCC(C)(C)COc2ncc(F)cc2CN2c3nc4c1cnn4cc3OC[C@H]2C. The van der Waals surface area contributed by atoms with Gasteiger partial charge in [-0.15, -0.1) is 0 Å². The van der Waals surface area contributed by atoms with Crippen LogP contribution in [0.15, 0.2) is 31.2 Å². The van der Waals surface area contributed by atoms with E-state index in [1.54, 1.807) is 10.7 Å². The Balaban J connectivity index is 1.68. The third kappa shape index (κ3) is 3.54. The van der Waals surface area contributed by atoms with Gasteiger partial charge in [0.2, 0.25) is 5.88 Å². The zero-order valence-corrected chi connectivity index (χ0v) is 17.9. The van der Waals surface area contributed by atoms with Gasteiger partial charge < -0.3 is 19.7 Å². The predicted molar refractivity (Wildman–Crippen MR) is 115 cm³/mol. The number of fused-ring (bicyclic) bond motifs is 1. The minimum Gasteiger partial charge on any atom is -0.486 e. The highest BCUT2D eigenvalue weighted by atomic mass is 19.1. The molecule has 0 aliphatic carbocycles. The van der Waals surface area contributed by atoms with Crippen LogP contribution in [0, 0.1) is 11.2 Å². The lowest BCUT2D eigenvalue weighted by molar-refractivity contribution is 0.174. The van der Waals surface area contributed by atoms with E-state index in [1.165, 1.54) is 12.3 Å². The number of hydrogen-bond donors (Lipinski definition) is 1. The zero-order chi connectivity index (χ0) is 21.8. The number of nitrogens with zero attached hydrogens (tertiary/aromatic N) is 5. The molecule has 2 bridgehead atoms. The van der Waals surface area contributed by atoms with Gasteiger partial charge in [0.25, 0.3) is 0 Å². The summed E-state index contributed by atoms with van der Waals surface area (Å²) in [7, 11) is 0.